The number of nitrogens with zero attached hydrogens (tertiary/aromatic N) is 1. The number of halogens is 1. The van der Waals surface area contributed by atoms with Crippen molar-refractivity contribution < 1.29 is 0 Å². The van der Waals surface area contributed by atoms with Crippen LogP contribution in [0.4, 0.5) is 0 Å². The van der Waals surface area contributed by atoms with Crippen LogP contribution in [0.15, 0.2) is 15.9 Å². The maximum Gasteiger partial charge on any atom is 0.0328 e. The summed E-state index contributed by atoms with van der Waals surface area (Å²) >= 11 is 5.40. The van der Waals surface area contributed by atoms with Crippen molar-refractivity contribution in [1.29, 1.82) is 0 Å². The van der Waals surface area contributed by atoms with E-state index in [0.717, 1.165) is 18.5 Å². The quantitative estimate of drug-likeness (QED) is 0.922. The Bertz CT molecular complexity index is 375. The second kappa shape index (κ2) is 5.39. The van der Waals surface area contributed by atoms with E-state index in [2.05, 4.69) is 37.6 Å². The van der Waals surface area contributed by atoms with Gasteiger partial charge in [-0.05, 0) is 60.3 Å². The third-order valence-electron chi connectivity index (χ3n) is 3.70. The van der Waals surface area contributed by atoms with Gasteiger partial charge >= 0.3 is 0 Å². The molecule has 1 aliphatic carbocycles. The number of nitrogens with one attached hydrogen (secondary N) is 1. The molecule has 4 heteroatoms. The van der Waals surface area contributed by atoms with Gasteiger partial charge in [-0.25, -0.2) is 0 Å². The average molecular weight is 315 g/mol. The van der Waals surface area contributed by atoms with Crippen LogP contribution in [0, 0.1) is 5.92 Å². The molecule has 0 spiro atoms. The number of rotatable bonds is 3. The molecule has 1 saturated carbocycles. The lowest BCUT2D eigenvalue weighted by Gasteiger charge is -2.23. The van der Waals surface area contributed by atoms with E-state index in [1.54, 1.807) is 0 Å². The van der Waals surface area contributed by atoms with Gasteiger partial charge in [0.05, 0.1) is 0 Å². The van der Waals surface area contributed by atoms with E-state index in [1.807, 2.05) is 11.3 Å². The standard InChI is InChI=1S/C13H19BrN2S/c14-11-6-12(17-9-11)7-16-5-1-4-15-13(8-16)10-2-3-10/h6,9-10,13,15H,1-5,7-8H2. The Labute approximate surface area is 116 Å². The summed E-state index contributed by atoms with van der Waals surface area (Å²) in [6, 6.07) is 3.01. The zero-order chi connectivity index (χ0) is 11.7. The Morgan fingerprint density at radius 3 is 3.06 bits per heavy atom. The van der Waals surface area contributed by atoms with Crippen LogP contribution in [-0.4, -0.2) is 30.6 Å². The molecule has 1 aromatic heterocycles. The third kappa shape index (κ3) is 3.31. The van der Waals surface area contributed by atoms with Crippen LogP contribution in [0.3, 0.4) is 0 Å². The van der Waals surface area contributed by atoms with Crippen molar-refractivity contribution >= 4 is 27.3 Å². The second-order valence-electron chi connectivity index (χ2n) is 5.22. The lowest BCUT2D eigenvalue weighted by molar-refractivity contribution is 0.253. The van der Waals surface area contributed by atoms with Crippen LogP contribution in [0.25, 0.3) is 0 Å². The molecule has 2 aliphatic rings. The monoisotopic (exact) mass is 314 g/mol. The lowest BCUT2D eigenvalue weighted by Crippen LogP contribution is -2.38. The molecular weight excluding hydrogens is 296 g/mol. The molecule has 17 heavy (non-hydrogen) atoms. The Kier molecular flexibility index (Phi) is 3.85. The van der Waals surface area contributed by atoms with Crippen LogP contribution >= 0.6 is 27.3 Å². The summed E-state index contributed by atoms with van der Waals surface area (Å²) in [7, 11) is 0. The summed E-state index contributed by atoms with van der Waals surface area (Å²) < 4.78 is 1.23. The molecular formula is C13H19BrN2S. The summed E-state index contributed by atoms with van der Waals surface area (Å²) in [6.07, 6.45) is 4.17. The largest absolute Gasteiger partial charge is 0.312 e. The highest BCUT2D eigenvalue weighted by Crippen LogP contribution is 2.33. The van der Waals surface area contributed by atoms with Crippen molar-refractivity contribution in [3.05, 3.63) is 20.8 Å². The van der Waals surface area contributed by atoms with Crippen molar-refractivity contribution in [2.75, 3.05) is 19.6 Å². The molecule has 1 N–H and O–H groups in total. The third-order valence-corrected chi connectivity index (χ3v) is 5.39. The van der Waals surface area contributed by atoms with Gasteiger partial charge in [0.2, 0.25) is 0 Å². The Morgan fingerprint density at radius 2 is 2.35 bits per heavy atom. The molecule has 0 amide bonds. The van der Waals surface area contributed by atoms with Crippen molar-refractivity contribution in [1.82, 2.24) is 10.2 Å². The first-order valence-electron chi connectivity index (χ1n) is 6.50. The molecule has 2 nitrogen and oxygen atoms in total. The van der Waals surface area contributed by atoms with Gasteiger partial charge in [0.15, 0.2) is 0 Å². The summed E-state index contributed by atoms with van der Waals surface area (Å²) in [4.78, 5) is 4.11. The van der Waals surface area contributed by atoms with Crippen molar-refractivity contribution in [2.24, 2.45) is 5.92 Å². The van der Waals surface area contributed by atoms with Crippen LogP contribution in [0.1, 0.15) is 24.1 Å². The Morgan fingerprint density at radius 1 is 1.47 bits per heavy atom. The molecule has 94 valence electrons. The van der Waals surface area contributed by atoms with Gasteiger partial charge in [0.1, 0.15) is 0 Å². The van der Waals surface area contributed by atoms with Crippen LogP contribution in [0.2, 0.25) is 0 Å². The normalized spacial score (nSPS) is 27.0. The highest BCUT2D eigenvalue weighted by molar-refractivity contribution is 9.10. The van der Waals surface area contributed by atoms with Crippen molar-refractivity contribution in [3.63, 3.8) is 0 Å². The van der Waals surface area contributed by atoms with Crippen LogP contribution < -0.4 is 5.32 Å². The zero-order valence-electron chi connectivity index (χ0n) is 9.99. The van der Waals surface area contributed by atoms with Crippen LogP contribution in [0.5, 0.6) is 0 Å². The van der Waals surface area contributed by atoms with Crippen molar-refractivity contribution in [3.8, 4) is 0 Å². The fraction of sp³-hybridized carbons (Fsp3) is 0.692. The molecule has 1 saturated heterocycles. The van der Waals surface area contributed by atoms with Gasteiger partial charge in [-0.3, -0.25) is 4.90 Å². The number of hydrogen-bond acceptors (Lipinski definition) is 3. The molecule has 1 atom stereocenters. The number of thiophene rings is 1. The molecule has 2 fully saturated rings. The van der Waals surface area contributed by atoms with E-state index in [-0.39, 0.29) is 0 Å². The topological polar surface area (TPSA) is 15.3 Å². The molecule has 3 rings (SSSR count). The summed E-state index contributed by atoms with van der Waals surface area (Å²) in [6.45, 7) is 4.80. The van der Waals surface area contributed by atoms with Crippen molar-refractivity contribution in [2.45, 2.75) is 31.8 Å². The molecule has 1 aliphatic heterocycles. The fourth-order valence-electron chi connectivity index (χ4n) is 2.64. The molecule has 0 radical (unpaired) electrons. The SMILES string of the molecule is Brc1csc(CN2CCCNC(C3CC3)C2)c1. The van der Waals surface area contributed by atoms with Gasteiger partial charge in [0, 0.05) is 33.9 Å². The van der Waals surface area contributed by atoms with E-state index in [9.17, 15) is 0 Å². The fourth-order valence-corrected chi connectivity index (χ4v) is 4.13. The van der Waals surface area contributed by atoms with Gasteiger partial charge in [-0.1, -0.05) is 0 Å². The first-order chi connectivity index (χ1) is 8.31. The summed E-state index contributed by atoms with van der Waals surface area (Å²) in [5, 5.41) is 5.90. The van der Waals surface area contributed by atoms with E-state index < -0.39 is 0 Å². The minimum atomic E-state index is 0.751. The molecule has 0 aromatic carbocycles. The Hall–Kier alpha value is 0.1000. The lowest BCUT2D eigenvalue weighted by atomic mass is 10.2. The molecule has 1 unspecified atom stereocenters. The van der Waals surface area contributed by atoms with Gasteiger partial charge in [-0.15, -0.1) is 11.3 Å². The van der Waals surface area contributed by atoms with Crippen LogP contribution in [-0.2, 0) is 6.54 Å². The highest BCUT2D eigenvalue weighted by atomic mass is 79.9. The first kappa shape index (κ1) is 12.2. The first-order valence-corrected chi connectivity index (χ1v) is 8.17. The van der Waals surface area contributed by atoms with E-state index in [0.29, 0.717) is 0 Å². The molecule has 0 bridgehead atoms. The van der Waals surface area contributed by atoms with Gasteiger partial charge in [-0.2, -0.15) is 0 Å². The summed E-state index contributed by atoms with van der Waals surface area (Å²) in [5.41, 5.74) is 0. The maximum absolute atomic E-state index is 3.72. The molecule has 1 aromatic rings. The predicted molar refractivity (Wildman–Crippen MR) is 76.4 cm³/mol. The predicted octanol–water partition coefficient (Wildman–Crippen LogP) is 3.08. The van der Waals surface area contributed by atoms with Gasteiger partial charge < -0.3 is 5.32 Å². The van der Waals surface area contributed by atoms with Gasteiger partial charge in [0.25, 0.3) is 0 Å². The minimum absolute atomic E-state index is 0.751. The molecule has 2 heterocycles. The number of hydrogen-bond donors (Lipinski definition) is 1. The van der Waals surface area contributed by atoms with E-state index in [4.69, 9.17) is 0 Å². The Balaban J connectivity index is 1.60. The average Bonchev–Trinajstić information content (AvgIpc) is 3.07. The van der Waals surface area contributed by atoms with E-state index in [1.165, 1.54) is 48.2 Å². The minimum Gasteiger partial charge on any atom is -0.312 e. The highest BCUT2D eigenvalue weighted by Gasteiger charge is 2.32. The smallest absolute Gasteiger partial charge is 0.0328 e. The summed E-state index contributed by atoms with van der Waals surface area (Å²) in [5.74, 6) is 0.964. The second-order valence-corrected chi connectivity index (χ2v) is 7.13. The van der Waals surface area contributed by atoms with E-state index >= 15 is 0 Å². The zero-order valence-corrected chi connectivity index (χ0v) is 12.4. The maximum atomic E-state index is 3.72.